The SMILES string of the molecule is Cn1cnnc1C(c1cc(/C=C/C(=O)O)cc([N+](=O)[O-])c1)C1CCC1. The maximum atomic E-state index is 11.3. The van der Waals surface area contributed by atoms with E-state index in [0.717, 1.165) is 36.7 Å². The van der Waals surface area contributed by atoms with E-state index in [0.29, 0.717) is 11.5 Å². The minimum atomic E-state index is -1.10. The van der Waals surface area contributed by atoms with E-state index >= 15 is 0 Å². The van der Waals surface area contributed by atoms with Crippen LogP contribution in [0.4, 0.5) is 5.69 Å². The molecule has 25 heavy (non-hydrogen) atoms. The van der Waals surface area contributed by atoms with E-state index in [9.17, 15) is 14.9 Å². The highest BCUT2D eigenvalue weighted by Gasteiger charge is 2.33. The fourth-order valence-electron chi connectivity index (χ4n) is 3.19. The number of nitro benzene ring substituents is 1. The van der Waals surface area contributed by atoms with Gasteiger partial charge in [-0.3, -0.25) is 10.1 Å². The Morgan fingerprint density at radius 1 is 1.44 bits per heavy atom. The van der Waals surface area contributed by atoms with Gasteiger partial charge in [0.15, 0.2) is 0 Å². The average Bonchev–Trinajstić information content (AvgIpc) is 2.94. The van der Waals surface area contributed by atoms with Crippen LogP contribution in [0.2, 0.25) is 0 Å². The molecule has 1 saturated carbocycles. The molecule has 1 aromatic carbocycles. The molecule has 8 nitrogen and oxygen atoms in total. The lowest BCUT2D eigenvalue weighted by molar-refractivity contribution is -0.384. The average molecular weight is 342 g/mol. The van der Waals surface area contributed by atoms with Crippen LogP contribution in [0, 0.1) is 16.0 Å². The van der Waals surface area contributed by atoms with Crippen molar-refractivity contribution >= 4 is 17.7 Å². The predicted molar refractivity (Wildman–Crippen MR) is 90.0 cm³/mol. The van der Waals surface area contributed by atoms with Crippen LogP contribution in [0.25, 0.3) is 6.08 Å². The quantitative estimate of drug-likeness (QED) is 0.491. The zero-order valence-corrected chi connectivity index (χ0v) is 13.7. The Morgan fingerprint density at radius 2 is 2.20 bits per heavy atom. The second-order valence-electron chi connectivity index (χ2n) is 6.26. The largest absolute Gasteiger partial charge is 0.478 e. The normalized spacial score (nSPS) is 15.9. The number of aromatic nitrogens is 3. The van der Waals surface area contributed by atoms with Gasteiger partial charge in [-0.05, 0) is 36.0 Å². The molecule has 0 aliphatic heterocycles. The van der Waals surface area contributed by atoms with Gasteiger partial charge >= 0.3 is 5.97 Å². The van der Waals surface area contributed by atoms with Gasteiger partial charge in [-0.15, -0.1) is 10.2 Å². The Balaban J connectivity index is 2.09. The molecule has 0 spiro atoms. The van der Waals surface area contributed by atoms with Gasteiger partial charge in [-0.2, -0.15) is 0 Å². The summed E-state index contributed by atoms with van der Waals surface area (Å²) in [5, 5.41) is 28.3. The van der Waals surface area contributed by atoms with Crippen LogP contribution >= 0.6 is 0 Å². The van der Waals surface area contributed by atoms with Gasteiger partial charge in [0.1, 0.15) is 12.2 Å². The van der Waals surface area contributed by atoms with Crippen molar-refractivity contribution in [3.05, 3.63) is 57.7 Å². The standard InChI is InChI=1S/C17H18N4O4/c1-20-10-18-19-17(20)16(12-3-2-4-12)13-7-11(5-6-15(22)23)8-14(9-13)21(24)25/h5-10,12,16H,2-4H2,1H3,(H,22,23)/b6-5+. The van der Waals surface area contributed by atoms with Crippen LogP contribution in [0.15, 0.2) is 30.6 Å². The summed E-state index contributed by atoms with van der Waals surface area (Å²) in [5.41, 5.74) is 1.19. The van der Waals surface area contributed by atoms with Gasteiger partial charge in [0, 0.05) is 31.2 Å². The molecule has 1 N–H and O–H groups in total. The van der Waals surface area contributed by atoms with Crippen LogP contribution in [0.5, 0.6) is 0 Å². The van der Waals surface area contributed by atoms with E-state index in [1.54, 1.807) is 18.5 Å². The highest BCUT2D eigenvalue weighted by Crippen LogP contribution is 2.43. The second-order valence-corrected chi connectivity index (χ2v) is 6.26. The van der Waals surface area contributed by atoms with E-state index in [1.165, 1.54) is 12.1 Å². The lowest BCUT2D eigenvalue weighted by atomic mass is 9.72. The second kappa shape index (κ2) is 6.84. The molecule has 8 heteroatoms. The molecule has 1 unspecified atom stereocenters. The van der Waals surface area contributed by atoms with Crippen molar-refractivity contribution in [2.24, 2.45) is 13.0 Å². The Kier molecular flexibility index (Phi) is 4.60. The van der Waals surface area contributed by atoms with Crippen LogP contribution in [0.3, 0.4) is 0 Å². The highest BCUT2D eigenvalue weighted by molar-refractivity contribution is 5.85. The Morgan fingerprint density at radius 3 is 2.72 bits per heavy atom. The highest BCUT2D eigenvalue weighted by atomic mass is 16.6. The fourth-order valence-corrected chi connectivity index (χ4v) is 3.19. The molecule has 3 rings (SSSR count). The van der Waals surface area contributed by atoms with Gasteiger partial charge in [0.05, 0.1) is 4.92 Å². The van der Waals surface area contributed by atoms with Gasteiger partial charge in [0.2, 0.25) is 0 Å². The molecular weight excluding hydrogens is 324 g/mol. The van der Waals surface area contributed by atoms with Gasteiger partial charge in [-0.25, -0.2) is 4.79 Å². The van der Waals surface area contributed by atoms with Crippen molar-refractivity contribution in [1.82, 2.24) is 14.8 Å². The van der Waals surface area contributed by atoms with Crippen molar-refractivity contribution in [3.8, 4) is 0 Å². The first kappa shape index (κ1) is 16.8. The number of nitrogens with zero attached hydrogens (tertiary/aromatic N) is 4. The summed E-state index contributed by atoms with van der Waals surface area (Å²) in [6.07, 6.45) is 7.14. The molecule has 1 aromatic heterocycles. The monoisotopic (exact) mass is 342 g/mol. The van der Waals surface area contributed by atoms with Crippen molar-refractivity contribution in [1.29, 1.82) is 0 Å². The first-order valence-corrected chi connectivity index (χ1v) is 8.00. The summed E-state index contributed by atoms with van der Waals surface area (Å²) in [6.45, 7) is 0. The molecule has 130 valence electrons. The first-order valence-electron chi connectivity index (χ1n) is 8.00. The topological polar surface area (TPSA) is 111 Å². The van der Waals surface area contributed by atoms with E-state index in [2.05, 4.69) is 10.2 Å². The summed E-state index contributed by atoms with van der Waals surface area (Å²) in [7, 11) is 1.85. The molecule has 2 aromatic rings. The van der Waals surface area contributed by atoms with Gasteiger partial charge in [-0.1, -0.05) is 12.5 Å². The molecule has 1 heterocycles. The van der Waals surface area contributed by atoms with E-state index in [-0.39, 0.29) is 11.6 Å². The van der Waals surface area contributed by atoms with Crippen molar-refractivity contribution < 1.29 is 14.8 Å². The summed E-state index contributed by atoms with van der Waals surface area (Å²) in [4.78, 5) is 21.6. The van der Waals surface area contributed by atoms with Gasteiger partial charge in [0.25, 0.3) is 5.69 Å². The number of hydrogen-bond donors (Lipinski definition) is 1. The molecule has 1 aliphatic rings. The fraction of sp³-hybridized carbons (Fsp3) is 0.353. The number of nitro groups is 1. The van der Waals surface area contributed by atoms with Crippen molar-refractivity contribution in [2.75, 3.05) is 0 Å². The number of carboxylic acids is 1. The maximum absolute atomic E-state index is 11.3. The van der Waals surface area contributed by atoms with Crippen LogP contribution in [-0.4, -0.2) is 30.8 Å². The van der Waals surface area contributed by atoms with Crippen LogP contribution < -0.4 is 0 Å². The van der Waals surface area contributed by atoms with Crippen molar-refractivity contribution in [3.63, 3.8) is 0 Å². The molecule has 0 amide bonds. The Bertz CT molecular complexity index is 839. The summed E-state index contributed by atoms with van der Waals surface area (Å²) < 4.78 is 1.83. The number of benzene rings is 1. The zero-order chi connectivity index (χ0) is 18.0. The van der Waals surface area contributed by atoms with Gasteiger partial charge < -0.3 is 9.67 Å². The van der Waals surface area contributed by atoms with E-state index in [4.69, 9.17) is 5.11 Å². The maximum Gasteiger partial charge on any atom is 0.328 e. The molecule has 1 aliphatic carbocycles. The lowest BCUT2D eigenvalue weighted by Crippen LogP contribution is -2.24. The molecule has 0 saturated heterocycles. The number of non-ortho nitro benzene ring substituents is 1. The molecule has 0 radical (unpaired) electrons. The minimum absolute atomic E-state index is 0.0611. The zero-order valence-electron chi connectivity index (χ0n) is 13.7. The third-order valence-corrected chi connectivity index (χ3v) is 4.60. The summed E-state index contributed by atoms with van der Waals surface area (Å²) in [5.74, 6) is -0.0883. The molecular formula is C17H18N4O4. The first-order chi connectivity index (χ1) is 12.0. The van der Waals surface area contributed by atoms with Crippen LogP contribution in [-0.2, 0) is 11.8 Å². The van der Waals surface area contributed by atoms with E-state index in [1.807, 2.05) is 11.6 Å². The number of aliphatic carboxylic acids is 1. The molecule has 1 fully saturated rings. The predicted octanol–water partition coefficient (Wildman–Crippen LogP) is 2.75. The lowest BCUT2D eigenvalue weighted by Gasteiger charge is -2.33. The Labute approximate surface area is 144 Å². The number of aryl methyl sites for hydroxylation is 1. The number of rotatable bonds is 6. The third-order valence-electron chi connectivity index (χ3n) is 4.60. The minimum Gasteiger partial charge on any atom is -0.478 e. The molecule has 0 bridgehead atoms. The third kappa shape index (κ3) is 3.57. The number of hydrogen-bond acceptors (Lipinski definition) is 5. The van der Waals surface area contributed by atoms with Crippen LogP contribution in [0.1, 0.15) is 42.1 Å². The van der Waals surface area contributed by atoms with Crippen molar-refractivity contribution in [2.45, 2.75) is 25.2 Å². The molecule has 1 atom stereocenters. The number of carbonyl (C=O) groups is 1. The van der Waals surface area contributed by atoms with E-state index < -0.39 is 10.9 Å². The Hall–Kier alpha value is -3.03. The number of carboxylic acid groups (broad SMARTS) is 1. The smallest absolute Gasteiger partial charge is 0.328 e. The summed E-state index contributed by atoms with van der Waals surface area (Å²) >= 11 is 0. The summed E-state index contributed by atoms with van der Waals surface area (Å²) in [6, 6.07) is 4.72.